The van der Waals surface area contributed by atoms with Crippen molar-refractivity contribution in [2.24, 2.45) is 0 Å². The second kappa shape index (κ2) is 7.55. The highest BCUT2D eigenvalue weighted by atomic mass is 19.1. The fourth-order valence-electron chi connectivity index (χ4n) is 2.73. The van der Waals surface area contributed by atoms with E-state index in [1.807, 2.05) is 0 Å². The zero-order chi connectivity index (χ0) is 20.3. The van der Waals surface area contributed by atoms with E-state index in [-0.39, 0.29) is 5.75 Å². The minimum absolute atomic E-state index is 0.147. The van der Waals surface area contributed by atoms with Crippen LogP contribution >= 0.6 is 0 Å². The van der Waals surface area contributed by atoms with Crippen molar-refractivity contribution in [2.45, 2.75) is 12.5 Å². The Balaban J connectivity index is 1.68. The number of benzene rings is 2. The molecule has 1 aliphatic rings. The maximum Gasteiger partial charge on any atom is 0.344 e. The summed E-state index contributed by atoms with van der Waals surface area (Å²) in [4.78, 5) is 37.1. The number of imide groups is 1. The number of methoxy groups -OCH3 is 1. The molecule has 0 unspecified atom stereocenters. The Bertz CT molecular complexity index is 935. The SMILES string of the molecule is COc1cccc([C@@]2(C)NC(=O)N(NC(=O)COc3cccc(F)c3)C2=O)c1. The number of hydrazine groups is 1. The summed E-state index contributed by atoms with van der Waals surface area (Å²) in [5, 5.41) is 3.16. The van der Waals surface area contributed by atoms with Gasteiger partial charge in [0.15, 0.2) is 6.61 Å². The van der Waals surface area contributed by atoms with E-state index in [0.29, 0.717) is 16.3 Å². The van der Waals surface area contributed by atoms with Crippen LogP contribution in [0.4, 0.5) is 9.18 Å². The van der Waals surface area contributed by atoms with Gasteiger partial charge in [-0.05, 0) is 36.8 Å². The number of amides is 4. The molecule has 8 nitrogen and oxygen atoms in total. The van der Waals surface area contributed by atoms with Crippen LogP contribution in [0, 0.1) is 5.82 Å². The van der Waals surface area contributed by atoms with E-state index < -0.39 is 35.8 Å². The predicted octanol–water partition coefficient (Wildman–Crippen LogP) is 1.71. The molecule has 1 heterocycles. The lowest BCUT2D eigenvalue weighted by Gasteiger charge is -2.22. The first-order valence-electron chi connectivity index (χ1n) is 8.32. The lowest BCUT2D eigenvalue weighted by molar-refractivity contribution is -0.139. The first-order chi connectivity index (χ1) is 13.3. The molecule has 0 aromatic heterocycles. The molecule has 4 amide bonds. The fraction of sp³-hybridized carbons (Fsp3) is 0.211. The Morgan fingerprint density at radius 1 is 1.18 bits per heavy atom. The topological polar surface area (TPSA) is 97.0 Å². The minimum Gasteiger partial charge on any atom is -0.497 e. The van der Waals surface area contributed by atoms with Gasteiger partial charge in [-0.15, -0.1) is 0 Å². The first-order valence-corrected chi connectivity index (χ1v) is 8.32. The standard InChI is InChI=1S/C19H18FN3O5/c1-19(12-5-3-7-14(9-12)27-2)17(25)23(18(26)21-19)22-16(24)11-28-15-8-4-6-13(20)10-15/h3-10H,11H2,1-2H3,(H,21,26)(H,22,24)/t19-/m1/s1. The second-order valence-electron chi connectivity index (χ2n) is 6.21. The molecule has 1 aliphatic heterocycles. The molecule has 2 N–H and O–H groups in total. The van der Waals surface area contributed by atoms with Gasteiger partial charge in [-0.3, -0.25) is 15.0 Å². The van der Waals surface area contributed by atoms with Gasteiger partial charge in [0.05, 0.1) is 7.11 Å². The van der Waals surface area contributed by atoms with E-state index in [2.05, 4.69) is 10.7 Å². The number of carbonyl (C=O) groups is 3. The fourth-order valence-corrected chi connectivity index (χ4v) is 2.73. The molecule has 1 saturated heterocycles. The van der Waals surface area contributed by atoms with Gasteiger partial charge in [0, 0.05) is 6.07 Å². The zero-order valence-electron chi connectivity index (χ0n) is 15.2. The summed E-state index contributed by atoms with van der Waals surface area (Å²) >= 11 is 0. The van der Waals surface area contributed by atoms with Gasteiger partial charge in [-0.1, -0.05) is 18.2 Å². The van der Waals surface area contributed by atoms with Crippen LogP contribution in [0.25, 0.3) is 0 Å². The van der Waals surface area contributed by atoms with Crippen LogP contribution in [0.5, 0.6) is 11.5 Å². The van der Waals surface area contributed by atoms with Gasteiger partial charge < -0.3 is 14.8 Å². The summed E-state index contributed by atoms with van der Waals surface area (Å²) in [6.07, 6.45) is 0. The summed E-state index contributed by atoms with van der Waals surface area (Å²) in [6, 6.07) is 11.2. The van der Waals surface area contributed by atoms with Gasteiger partial charge in [0.1, 0.15) is 22.9 Å². The summed E-state index contributed by atoms with van der Waals surface area (Å²) < 4.78 is 23.4. The Morgan fingerprint density at radius 2 is 1.89 bits per heavy atom. The third-order valence-electron chi connectivity index (χ3n) is 4.24. The number of carbonyl (C=O) groups excluding carboxylic acids is 3. The Labute approximate surface area is 160 Å². The van der Waals surface area contributed by atoms with Crippen LogP contribution in [0.2, 0.25) is 0 Å². The van der Waals surface area contributed by atoms with Gasteiger partial charge >= 0.3 is 6.03 Å². The molecule has 3 rings (SSSR count). The molecule has 0 aliphatic carbocycles. The number of halogens is 1. The van der Waals surface area contributed by atoms with Crippen molar-refractivity contribution in [2.75, 3.05) is 13.7 Å². The molecular weight excluding hydrogens is 369 g/mol. The molecule has 0 radical (unpaired) electrons. The lowest BCUT2D eigenvalue weighted by Crippen LogP contribution is -2.49. The monoisotopic (exact) mass is 387 g/mol. The normalized spacial score (nSPS) is 18.6. The van der Waals surface area contributed by atoms with Crippen LogP contribution in [-0.2, 0) is 15.1 Å². The average Bonchev–Trinajstić information content (AvgIpc) is 2.90. The van der Waals surface area contributed by atoms with Crippen molar-refractivity contribution < 1.29 is 28.2 Å². The molecule has 0 bridgehead atoms. The maximum absolute atomic E-state index is 13.1. The van der Waals surface area contributed by atoms with E-state index in [1.165, 1.54) is 32.2 Å². The first kappa shape index (κ1) is 19.2. The Kier molecular flexibility index (Phi) is 5.16. The second-order valence-corrected chi connectivity index (χ2v) is 6.21. The number of hydrogen-bond donors (Lipinski definition) is 2. The average molecular weight is 387 g/mol. The number of nitrogens with zero attached hydrogens (tertiary/aromatic N) is 1. The van der Waals surface area contributed by atoms with Crippen molar-refractivity contribution in [3.8, 4) is 11.5 Å². The minimum atomic E-state index is -1.37. The summed E-state index contributed by atoms with van der Waals surface area (Å²) in [5.74, 6) is -1.26. The van der Waals surface area contributed by atoms with Crippen molar-refractivity contribution >= 4 is 17.8 Å². The van der Waals surface area contributed by atoms with E-state index in [1.54, 1.807) is 24.3 Å². The predicted molar refractivity (Wildman–Crippen MR) is 95.8 cm³/mol. The van der Waals surface area contributed by atoms with Crippen LogP contribution < -0.4 is 20.2 Å². The molecule has 2 aromatic rings. The summed E-state index contributed by atoms with van der Waals surface area (Å²) in [6.45, 7) is 1.02. The summed E-state index contributed by atoms with van der Waals surface area (Å²) in [7, 11) is 1.49. The maximum atomic E-state index is 13.1. The van der Waals surface area contributed by atoms with E-state index >= 15 is 0 Å². The Morgan fingerprint density at radius 3 is 2.61 bits per heavy atom. The number of nitrogens with one attached hydrogen (secondary N) is 2. The molecule has 2 aromatic carbocycles. The van der Waals surface area contributed by atoms with Gasteiger partial charge in [0.25, 0.3) is 11.8 Å². The highest BCUT2D eigenvalue weighted by Gasteiger charge is 2.50. The third-order valence-corrected chi connectivity index (χ3v) is 4.24. The molecule has 0 saturated carbocycles. The number of urea groups is 1. The van der Waals surface area contributed by atoms with Crippen molar-refractivity contribution in [1.29, 1.82) is 0 Å². The molecule has 1 fully saturated rings. The van der Waals surface area contributed by atoms with Gasteiger partial charge in [0.2, 0.25) is 0 Å². The van der Waals surface area contributed by atoms with Crippen LogP contribution in [0.3, 0.4) is 0 Å². The smallest absolute Gasteiger partial charge is 0.344 e. The molecule has 9 heteroatoms. The van der Waals surface area contributed by atoms with E-state index in [9.17, 15) is 18.8 Å². The van der Waals surface area contributed by atoms with Gasteiger partial charge in [-0.25, -0.2) is 9.18 Å². The molecular formula is C19H18FN3O5. The largest absolute Gasteiger partial charge is 0.497 e. The molecule has 146 valence electrons. The van der Waals surface area contributed by atoms with E-state index in [4.69, 9.17) is 9.47 Å². The molecule has 0 spiro atoms. The number of ether oxygens (including phenoxy) is 2. The van der Waals surface area contributed by atoms with Gasteiger partial charge in [-0.2, -0.15) is 5.01 Å². The van der Waals surface area contributed by atoms with Crippen LogP contribution in [0.15, 0.2) is 48.5 Å². The summed E-state index contributed by atoms with van der Waals surface area (Å²) in [5.41, 5.74) is 1.33. The highest BCUT2D eigenvalue weighted by Crippen LogP contribution is 2.30. The van der Waals surface area contributed by atoms with E-state index in [0.717, 1.165) is 6.07 Å². The molecule has 28 heavy (non-hydrogen) atoms. The lowest BCUT2D eigenvalue weighted by atomic mass is 9.92. The third kappa shape index (κ3) is 3.73. The van der Waals surface area contributed by atoms with Crippen LogP contribution in [-0.4, -0.2) is 36.6 Å². The number of hydrogen-bond acceptors (Lipinski definition) is 5. The van der Waals surface area contributed by atoms with Crippen LogP contribution in [0.1, 0.15) is 12.5 Å². The zero-order valence-corrected chi connectivity index (χ0v) is 15.2. The Hall–Kier alpha value is -3.62. The molecule has 1 atom stereocenters. The quantitative estimate of drug-likeness (QED) is 0.736. The van der Waals surface area contributed by atoms with Crippen molar-refractivity contribution in [3.63, 3.8) is 0 Å². The highest BCUT2D eigenvalue weighted by molar-refractivity contribution is 6.08. The number of rotatable bonds is 6. The van der Waals surface area contributed by atoms with Crippen molar-refractivity contribution in [3.05, 3.63) is 59.9 Å². The van der Waals surface area contributed by atoms with Crippen molar-refractivity contribution in [1.82, 2.24) is 15.8 Å².